The summed E-state index contributed by atoms with van der Waals surface area (Å²) in [5.74, 6) is -0.595. The number of aliphatic hydroxyl groups excluding tert-OH is 1. The Morgan fingerprint density at radius 2 is 2.00 bits per heavy atom. The standard InChI is InChI=1S/C19H27BrO4/c1-19(12-6-5-11-16(19)20)24-14-8-7-13-23-18(22)17(21)15-9-3-2-4-10-15/h2-4,9-10,16-17,21H,5-8,11-14H2,1H3/t16-,17-,19-/m1/s1. The largest absolute Gasteiger partial charge is 0.464 e. The van der Waals surface area contributed by atoms with Crippen LogP contribution in [-0.4, -0.2) is 34.7 Å². The van der Waals surface area contributed by atoms with Crippen LogP contribution in [0.25, 0.3) is 0 Å². The van der Waals surface area contributed by atoms with Gasteiger partial charge in [0.25, 0.3) is 0 Å². The van der Waals surface area contributed by atoms with E-state index in [1.807, 2.05) is 6.07 Å². The van der Waals surface area contributed by atoms with Crippen molar-refractivity contribution in [3.05, 3.63) is 35.9 Å². The van der Waals surface area contributed by atoms with Crippen molar-refractivity contribution in [1.29, 1.82) is 0 Å². The highest BCUT2D eigenvalue weighted by Crippen LogP contribution is 2.36. The molecule has 1 N–H and O–H groups in total. The molecule has 5 heteroatoms. The number of carbonyl (C=O) groups is 1. The Bertz CT molecular complexity index is 507. The van der Waals surface area contributed by atoms with Crippen molar-refractivity contribution in [3.63, 3.8) is 0 Å². The third-order valence-corrected chi connectivity index (χ3v) is 6.02. The van der Waals surface area contributed by atoms with E-state index in [4.69, 9.17) is 9.47 Å². The number of alkyl halides is 1. The molecule has 0 amide bonds. The van der Waals surface area contributed by atoms with Crippen LogP contribution in [0.4, 0.5) is 0 Å². The highest BCUT2D eigenvalue weighted by atomic mass is 79.9. The minimum atomic E-state index is -1.21. The third kappa shape index (κ3) is 5.57. The zero-order chi connectivity index (χ0) is 17.4. The molecule has 0 spiro atoms. The lowest BCUT2D eigenvalue weighted by Crippen LogP contribution is -2.41. The van der Waals surface area contributed by atoms with Gasteiger partial charge in [-0.1, -0.05) is 59.1 Å². The maximum Gasteiger partial charge on any atom is 0.339 e. The summed E-state index contributed by atoms with van der Waals surface area (Å²) in [7, 11) is 0. The molecule has 1 aromatic rings. The molecule has 1 saturated carbocycles. The van der Waals surface area contributed by atoms with Crippen LogP contribution in [0.5, 0.6) is 0 Å². The van der Waals surface area contributed by atoms with Gasteiger partial charge in [-0.3, -0.25) is 0 Å². The summed E-state index contributed by atoms with van der Waals surface area (Å²) in [6, 6.07) is 8.83. The highest BCUT2D eigenvalue weighted by molar-refractivity contribution is 9.09. The lowest BCUT2D eigenvalue weighted by molar-refractivity contribution is -0.154. The molecule has 0 aromatic heterocycles. The van der Waals surface area contributed by atoms with Gasteiger partial charge in [-0.15, -0.1) is 0 Å². The Balaban J connectivity index is 1.60. The van der Waals surface area contributed by atoms with Gasteiger partial charge in [-0.05, 0) is 38.2 Å². The zero-order valence-corrected chi connectivity index (χ0v) is 15.8. The molecule has 0 heterocycles. The van der Waals surface area contributed by atoms with Crippen molar-refractivity contribution < 1.29 is 19.4 Å². The monoisotopic (exact) mass is 398 g/mol. The van der Waals surface area contributed by atoms with Crippen LogP contribution in [0.2, 0.25) is 0 Å². The average molecular weight is 399 g/mol. The predicted octanol–water partition coefficient (Wildman–Crippen LogP) is 4.16. The van der Waals surface area contributed by atoms with E-state index in [0.29, 0.717) is 23.6 Å². The number of aliphatic hydroxyl groups is 1. The number of rotatable bonds is 8. The van der Waals surface area contributed by atoms with Gasteiger partial charge in [-0.25, -0.2) is 4.79 Å². The number of ether oxygens (including phenoxy) is 2. The molecule has 24 heavy (non-hydrogen) atoms. The first-order chi connectivity index (χ1) is 11.5. The second-order valence-electron chi connectivity index (χ2n) is 6.56. The van der Waals surface area contributed by atoms with Crippen LogP contribution in [0.15, 0.2) is 30.3 Å². The Morgan fingerprint density at radius 1 is 1.29 bits per heavy atom. The average Bonchev–Trinajstić information content (AvgIpc) is 2.60. The van der Waals surface area contributed by atoms with Crippen LogP contribution in [0.1, 0.15) is 57.1 Å². The molecule has 1 aliphatic carbocycles. The normalized spacial score (nSPS) is 25.2. The van der Waals surface area contributed by atoms with E-state index in [2.05, 4.69) is 22.9 Å². The van der Waals surface area contributed by atoms with Gasteiger partial charge < -0.3 is 14.6 Å². The van der Waals surface area contributed by atoms with Gasteiger partial charge >= 0.3 is 5.97 Å². The Morgan fingerprint density at radius 3 is 2.71 bits per heavy atom. The third-order valence-electron chi connectivity index (χ3n) is 4.60. The molecule has 2 rings (SSSR count). The molecule has 1 aliphatic rings. The van der Waals surface area contributed by atoms with Crippen molar-refractivity contribution >= 4 is 21.9 Å². The van der Waals surface area contributed by atoms with E-state index in [1.54, 1.807) is 24.3 Å². The van der Waals surface area contributed by atoms with E-state index in [1.165, 1.54) is 12.8 Å². The maximum absolute atomic E-state index is 11.8. The van der Waals surface area contributed by atoms with Crippen LogP contribution in [0, 0.1) is 0 Å². The van der Waals surface area contributed by atoms with Gasteiger partial charge in [0.15, 0.2) is 6.10 Å². The molecule has 0 saturated heterocycles. The molecule has 0 aliphatic heterocycles. The van der Waals surface area contributed by atoms with E-state index < -0.39 is 12.1 Å². The minimum Gasteiger partial charge on any atom is -0.464 e. The molecule has 134 valence electrons. The second-order valence-corrected chi connectivity index (χ2v) is 7.67. The van der Waals surface area contributed by atoms with Crippen molar-refractivity contribution in [2.75, 3.05) is 13.2 Å². The van der Waals surface area contributed by atoms with E-state index in [-0.39, 0.29) is 5.60 Å². The van der Waals surface area contributed by atoms with Gasteiger partial charge in [0.2, 0.25) is 0 Å². The second kappa shape index (κ2) is 9.54. The topological polar surface area (TPSA) is 55.8 Å². The summed E-state index contributed by atoms with van der Waals surface area (Å²) in [5.41, 5.74) is 0.470. The lowest BCUT2D eigenvalue weighted by Gasteiger charge is -2.38. The Kier molecular flexibility index (Phi) is 7.72. The van der Waals surface area contributed by atoms with E-state index in [9.17, 15) is 9.90 Å². The first-order valence-corrected chi connectivity index (χ1v) is 9.62. The molecule has 1 aromatic carbocycles. The number of halogens is 1. The van der Waals surface area contributed by atoms with Gasteiger partial charge in [0.1, 0.15) is 0 Å². The molecule has 3 atom stereocenters. The van der Waals surface area contributed by atoms with E-state index >= 15 is 0 Å². The van der Waals surface area contributed by atoms with E-state index in [0.717, 1.165) is 25.7 Å². The fraction of sp³-hybridized carbons (Fsp3) is 0.632. The van der Waals surface area contributed by atoms with Crippen molar-refractivity contribution in [1.82, 2.24) is 0 Å². The highest BCUT2D eigenvalue weighted by Gasteiger charge is 2.35. The molecular formula is C19H27BrO4. The summed E-state index contributed by atoms with van der Waals surface area (Å²) in [4.78, 5) is 12.2. The smallest absolute Gasteiger partial charge is 0.339 e. The Hall–Kier alpha value is -0.910. The molecule has 0 radical (unpaired) electrons. The number of unbranched alkanes of at least 4 members (excludes halogenated alkanes) is 1. The van der Waals surface area contributed by atoms with Gasteiger partial charge in [0, 0.05) is 11.4 Å². The maximum atomic E-state index is 11.8. The molecule has 4 nitrogen and oxygen atoms in total. The molecule has 0 unspecified atom stereocenters. The molecule has 1 fully saturated rings. The zero-order valence-electron chi connectivity index (χ0n) is 14.2. The summed E-state index contributed by atoms with van der Waals surface area (Å²) in [5, 5.41) is 9.92. The predicted molar refractivity (Wildman–Crippen MR) is 97.1 cm³/mol. The van der Waals surface area contributed by atoms with Crippen LogP contribution >= 0.6 is 15.9 Å². The number of hydrogen-bond acceptors (Lipinski definition) is 4. The van der Waals surface area contributed by atoms with Gasteiger partial charge in [-0.2, -0.15) is 0 Å². The summed E-state index contributed by atoms with van der Waals surface area (Å²) in [6.07, 6.45) is 5.08. The van der Waals surface area contributed by atoms with Gasteiger partial charge in [0.05, 0.1) is 12.2 Å². The van der Waals surface area contributed by atoms with Crippen LogP contribution < -0.4 is 0 Å². The summed E-state index contributed by atoms with van der Waals surface area (Å²) >= 11 is 3.73. The van der Waals surface area contributed by atoms with Crippen molar-refractivity contribution in [3.8, 4) is 0 Å². The minimum absolute atomic E-state index is 0.0849. The van der Waals surface area contributed by atoms with Crippen LogP contribution in [0.3, 0.4) is 0 Å². The molecular weight excluding hydrogens is 372 g/mol. The van der Waals surface area contributed by atoms with Crippen LogP contribution in [-0.2, 0) is 14.3 Å². The molecule has 0 bridgehead atoms. The first kappa shape index (κ1) is 19.4. The quantitative estimate of drug-likeness (QED) is 0.405. The number of hydrogen-bond donors (Lipinski definition) is 1. The summed E-state index contributed by atoms with van der Waals surface area (Å²) in [6.45, 7) is 3.14. The number of carbonyl (C=O) groups excluding carboxylic acids is 1. The fourth-order valence-corrected chi connectivity index (χ4v) is 3.64. The fourth-order valence-electron chi connectivity index (χ4n) is 2.96. The van der Waals surface area contributed by atoms with Crippen molar-refractivity contribution in [2.24, 2.45) is 0 Å². The lowest BCUT2D eigenvalue weighted by atomic mass is 9.86. The SMILES string of the molecule is C[C@@]1(OCCCCOC(=O)[C@H](O)c2ccccc2)CCCC[C@H]1Br. The Labute approximate surface area is 152 Å². The number of benzene rings is 1. The van der Waals surface area contributed by atoms with Crippen molar-refractivity contribution in [2.45, 2.75) is 62.0 Å². The summed E-state index contributed by atoms with van der Waals surface area (Å²) < 4.78 is 11.2. The first-order valence-electron chi connectivity index (χ1n) is 8.70. The number of esters is 1.